The highest BCUT2D eigenvalue weighted by Gasteiger charge is 2.24. The summed E-state index contributed by atoms with van der Waals surface area (Å²) in [7, 11) is 0. The van der Waals surface area contributed by atoms with Crippen LogP contribution in [-0.2, 0) is 4.79 Å². The van der Waals surface area contributed by atoms with Gasteiger partial charge in [-0.25, -0.2) is 4.98 Å². The molecule has 0 unspecified atom stereocenters. The number of carbonyl (C=O) groups is 1. The van der Waals surface area contributed by atoms with Crippen LogP contribution < -0.4 is 4.90 Å². The Balaban J connectivity index is 1.50. The summed E-state index contributed by atoms with van der Waals surface area (Å²) in [6.07, 6.45) is 12.5. The lowest BCUT2D eigenvalue weighted by molar-refractivity contribution is -0.132. The highest BCUT2D eigenvalue weighted by molar-refractivity contribution is 5.77. The fourth-order valence-corrected chi connectivity index (χ4v) is 2.86. The third-order valence-electron chi connectivity index (χ3n) is 4.06. The van der Waals surface area contributed by atoms with Crippen molar-refractivity contribution in [2.75, 3.05) is 31.1 Å². The second-order valence-electron chi connectivity index (χ2n) is 5.40. The number of hydrogen-bond acceptors (Lipinski definition) is 4. The lowest BCUT2D eigenvalue weighted by Crippen LogP contribution is -2.49. The number of rotatable bonds is 3. The molecule has 1 atom stereocenters. The first-order valence-corrected chi connectivity index (χ1v) is 7.28. The zero-order chi connectivity index (χ0) is 13.8. The van der Waals surface area contributed by atoms with E-state index in [1.54, 1.807) is 18.6 Å². The summed E-state index contributed by atoms with van der Waals surface area (Å²) in [6, 6.07) is 0. The first-order chi connectivity index (χ1) is 9.83. The molecular formula is C15H20N4O. The number of carbonyl (C=O) groups excluding carboxylic acids is 1. The fraction of sp³-hybridized carbons (Fsp3) is 0.533. The smallest absolute Gasteiger partial charge is 0.223 e. The molecule has 1 aromatic rings. The predicted molar refractivity (Wildman–Crippen MR) is 77.3 cm³/mol. The molecule has 3 rings (SSSR count). The third-order valence-corrected chi connectivity index (χ3v) is 4.06. The van der Waals surface area contributed by atoms with Crippen molar-refractivity contribution in [1.29, 1.82) is 0 Å². The summed E-state index contributed by atoms with van der Waals surface area (Å²) in [6.45, 7) is 3.24. The summed E-state index contributed by atoms with van der Waals surface area (Å²) < 4.78 is 0. The van der Waals surface area contributed by atoms with Gasteiger partial charge in [-0.2, -0.15) is 0 Å². The highest BCUT2D eigenvalue weighted by Crippen LogP contribution is 2.22. The van der Waals surface area contributed by atoms with Crippen LogP contribution in [0.2, 0.25) is 0 Å². The molecule has 0 spiro atoms. The van der Waals surface area contributed by atoms with Crippen molar-refractivity contribution >= 4 is 11.7 Å². The van der Waals surface area contributed by atoms with Crippen molar-refractivity contribution in [3.05, 3.63) is 30.7 Å². The molecule has 1 amide bonds. The molecule has 0 bridgehead atoms. The van der Waals surface area contributed by atoms with Crippen LogP contribution in [0.1, 0.15) is 19.3 Å². The first kappa shape index (κ1) is 13.1. The van der Waals surface area contributed by atoms with Gasteiger partial charge in [0.15, 0.2) is 0 Å². The van der Waals surface area contributed by atoms with E-state index < -0.39 is 0 Å². The molecule has 20 heavy (non-hydrogen) atoms. The Hall–Kier alpha value is -1.91. The van der Waals surface area contributed by atoms with Gasteiger partial charge >= 0.3 is 0 Å². The average Bonchev–Trinajstić information content (AvgIpc) is 3.01. The Bertz CT molecular complexity index is 480. The van der Waals surface area contributed by atoms with Gasteiger partial charge in [0.25, 0.3) is 0 Å². The maximum atomic E-state index is 12.2. The first-order valence-electron chi connectivity index (χ1n) is 7.28. The Labute approximate surface area is 119 Å². The number of nitrogens with zero attached hydrogens (tertiary/aromatic N) is 4. The molecule has 5 heteroatoms. The van der Waals surface area contributed by atoms with E-state index in [4.69, 9.17) is 0 Å². The summed E-state index contributed by atoms with van der Waals surface area (Å²) in [5, 5.41) is 0. The largest absolute Gasteiger partial charge is 0.352 e. The van der Waals surface area contributed by atoms with Crippen molar-refractivity contribution in [3.8, 4) is 0 Å². The second kappa shape index (κ2) is 6.03. The number of anilines is 1. The van der Waals surface area contributed by atoms with E-state index in [1.165, 1.54) is 0 Å². The number of amides is 1. The second-order valence-corrected chi connectivity index (χ2v) is 5.40. The standard InChI is InChI=1S/C15H20N4O/c20-15(11-13-3-1-2-4-13)19-9-7-18(8-10-19)14-12-16-5-6-17-14/h1,3,5-6,12-13H,2,4,7-11H2/t13-/m1/s1. The van der Waals surface area contributed by atoms with E-state index in [-0.39, 0.29) is 0 Å². The molecule has 0 saturated carbocycles. The maximum Gasteiger partial charge on any atom is 0.223 e. The Morgan fingerprint density at radius 1 is 1.25 bits per heavy atom. The molecule has 0 N–H and O–H groups in total. The Kier molecular flexibility index (Phi) is 3.95. The number of piperazine rings is 1. The average molecular weight is 272 g/mol. The Morgan fingerprint density at radius 3 is 2.75 bits per heavy atom. The zero-order valence-corrected chi connectivity index (χ0v) is 11.6. The van der Waals surface area contributed by atoms with Gasteiger partial charge in [0.05, 0.1) is 6.20 Å². The van der Waals surface area contributed by atoms with Crippen LogP contribution in [0.5, 0.6) is 0 Å². The van der Waals surface area contributed by atoms with Gasteiger partial charge in [-0.05, 0) is 18.8 Å². The molecular weight excluding hydrogens is 252 g/mol. The molecule has 1 fully saturated rings. The van der Waals surface area contributed by atoms with Crippen molar-refractivity contribution in [2.24, 2.45) is 5.92 Å². The van der Waals surface area contributed by atoms with Gasteiger partial charge in [-0.15, -0.1) is 0 Å². The SMILES string of the molecule is O=C(C[C@@H]1C=CCC1)N1CCN(c2cnccn2)CC1. The minimum atomic E-state index is 0.292. The van der Waals surface area contributed by atoms with Crippen LogP contribution in [-0.4, -0.2) is 47.0 Å². The summed E-state index contributed by atoms with van der Waals surface area (Å²) in [5.74, 6) is 1.65. The topological polar surface area (TPSA) is 49.3 Å². The Morgan fingerprint density at radius 2 is 2.10 bits per heavy atom. The molecule has 1 aliphatic heterocycles. The van der Waals surface area contributed by atoms with E-state index in [2.05, 4.69) is 27.0 Å². The molecule has 106 valence electrons. The number of allylic oxidation sites excluding steroid dienone is 2. The molecule has 2 aliphatic rings. The summed E-state index contributed by atoms with van der Waals surface area (Å²) in [5.41, 5.74) is 0. The van der Waals surface area contributed by atoms with Gasteiger partial charge in [-0.3, -0.25) is 9.78 Å². The quantitative estimate of drug-likeness (QED) is 0.782. The van der Waals surface area contributed by atoms with Crippen LogP contribution in [0.15, 0.2) is 30.7 Å². The van der Waals surface area contributed by atoms with E-state index >= 15 is 0 Å². The fourth-order valence-electron chi connectivity index (χ4n) is 2.86. The third kappa shape index (κ3) is 2.98. The summed E-state index contributed by atoms with van der Waals surface area (Å²) in [4.78, 5) is 24.8. The monoisotopic (exact) mass is 272 g/mol. The van der Waals surface area contributed by atoms with Crippen LogP contribution in [0.3, 0.4) is 0 Å². The van der Waals surface area contributed by atoms with Crippen LogP contribution >= 0.6 is 0 Å². The molecule has 0 radical (unpaired) electrons. The minimum Gasteiger partial charge on any atom is -0.352 e. The number of hydrogen-bond donors (Lipinski definition) is 0. The van der Waals surface area contributed by atoms with Gasteiger partial charge in [-0.1, -0.05) is 12.2 Å². The van der Waals surface area contributed by atoms with E-state index in [0.717, 1.165) is 44.8 Å². The van der Waals surface area contributed by atoms with E-state index in [1.807, 2.05) is 4.90 Å². The van der Waals surface area contributed by atoms with Gasteiger partial charge in [0.2, 0.25) is 5.91 Å². The molecule has 5 nitrogen and oxygen atoms in total. The van der Waals surface area contributed by atoms with E-state index in [0.29, 0.717) is 18.2 Å². The van der Waals surface area contributed by atoms with Gasteiger partial charge < -0.3 is 9.80 Å². The maximum absolute atomic E-state index is 12.2. The van der Waals surface area contributed by atoms with E-state index in [9.17, 15) is 4.79 Å². The zero-order valence-electron chi connectivity index (χ0n) is 11.6. The summed E-state index contributed by atoms with van der Waals surface area (Å²) >= 11 is 0. The predicted octanol–water partition coefficient (Wildman–Crippen LogP) is 1.48. The molecule has 1 aliphatic carbocycles. The van der Waals surface area contributed by atoms with Crippen molar-refractivity contribution in [1.82, 2.24) is 14.9 Å². The van der Waals surface area contributed by atoms with Crippen LogP contribution in [0.25, 0.3) is 0 Å². The highest BCUT2D eigenvalue weighted by atomic mass is 16.2. The minimum absolute atomic E-state index is 0.292. The van der Waals surface area contributed by atoms with Crippen molar-refractivity contribution in [2.45, 2.75) is 19.3 Å². The molecule has 0 aromatic carbocycles. The molecule has 2 heterocycles. The normalized spacial score (nSPS) is 22.3. The lowest BCUT2D eigenvalue weighted by atomic mass is 10.0. The van der Waals surface area contributed by atoms with Crippen LogP contribution in [0.4, 0.5) is 5.82 Å². The van der Waals surface area contributed by atoms with Gasteiger partial charge in [0, 0.05) is 45.0 Å². The lowest BCUT2D eigenvalue weighted by Gasteiger charge is -2.35. The van der Waals surface area contributed by atoms with Crippen molar-refractivity contribution in [3.63, 3.8) is 0 Å². The van der Waals surface area contributed by atoms with Crippen LogP contribution in [0, 0.1) is 5.92 Å². The molecule has 1 saturated heterocycles. The van der Waals surface area contributed by atoms with Crippen molar-refractivity contribution < 1.29 is 4.79 Å². The molecule has 1 aromatic heterocycles. The number of aromatic nitrogens is 2. The van der Waals surface area contributed by atoms with Gasteiger partial charge in [0.1, 0.15) is 5.82 Å².